The second-order valence-electron chi connectivity index (χ2n) is 7.38. The maximum atomic E-state index is 12.4. The molecule has 144 valence electrons. The quantitative estimate of drug-likeness (QED) is 0.592. The average Bonchev–Trinajstić information content (AvgIpc) is 3.22. The van der Waals surface area contributed by atoms with E-state index in [4.69, 9.17) is 4.42 Å². The molecule has 2 aromatic heterocycles. The van der Waals surface area contributed by atoms with Gasteiger partial charge in [-0.1, -0.05) is 24.3 Å². The molecule has 7 nitrogen and oxygen atoms in total. The Morgan fingerprint density at radius 1 is 0.929 bits per heavy atom. The number of hydrogen-bond donors (Lipinski definition) is 1. The van der Waals surface area contributed by atoms with Crippen LogP contribution in [0, 0.1) is 0 Å². The van der Waals surface area contributed by atoms with E-state index in [1.54, 1.807) is 4.57 Å². The van der Waals surface area contributed by atoms with Gasteiger partial charge in [0.15, 0.2) is 5.58 Å². The highest BCUT2D eigenvalue weighted by Crippen LogP contribution is 2.24. The zero-order valence-corrected chi connectivity index (χ0v) is 15.5. The molecule has 3 heterocycles. The molecule has 28 heavy (non-hydrogen) atoms. The van der Waals surface area contributed by atoms with Crippen molar-refractivity contribution in [3.8, 4) is 0 Å². The zero-order chi connectivity index (χ0) is 19.1. The number of piperidine rings is 1. The monoisotopic (exact) mass is 378 g/mol. The highest BCUT2D eigenvalue weighted by atomic mass is 16.4. The number of oxazole rings is 1. The Morgan fingerprint density at radius 2 is 1.64 bits per heavy atom. The van der Waals surface area contributed by atoms with Gasteiger partial charge in [0.2, 0.25) is 0 Å². The lowest BCUT2D eigenvalue weighted by atomic mass is 10.0. The van der Waals surface area contributed by atoms with E-state index in [-0.39, 0.29) is 17.5 Å². The molecular formula is C21H22N4O3. The number of nitrogens with zero attached hydrogens (tertiary/aromatic N) is 3. The molecule has 0 radical (unpaired) electrons. The fourth-order valence-corrected chi connectivity index (χ4v) is 4.31. The molecule has 0 atom stereocenters. The molecule has 1 saturated heterocycles. The number of nitrogens with one attached hydrogen (secondary N) is 1. The van der Waals surface area contributed by atoms with Gasteiger partial charge in [-0.05, 0) is 37.1 Å². The minimum Gasteiger partial charge on any atom is -0.408 e. The van der Waals surface area contributed by atoms with Crippen LogP contribution in [-0.2, 0) is 6.54 Å². The van der Waals surface area contributed by atoms with Crippen LogP contribution < -0.4 is 11.4 Å². The van der Waals surface area contributed by atoms with E-state index in [0.717, 1.165) is 49.0 Å². The summed E-state index contributed by atoms with van der Waals surface area (Å²) in [7, 11) is 0. The van der Waals surface area contributed by atoms with Crippen LogP contribution in [-0.4, -0.2) is 38.7 Å². The molecule has 1 aliphatic rings. The lowest BCUT2D eigenvalue weighted by molar-refractivity contribution is 0.180. The molecule has 1 N–H and O–H groups in total. The first-order chi connectivity index (χ1) is 13.7. The van der Waals surface area contributed by atoms with Gasteiger partial charge in [-0.25, -0.2) is 9.59 Å². The Bertz CT molecular complexity index is 1240. The molecule has 0 unspecified atom stereocenters. The van der Waals surface area contributed by atoms with Crippen molar-refractivity contribution in [1.29, 1.82) is 0 Å². The number of imidazole rings is 1. The molecule has 4 aromatic rings. The van der Waals surface area contributed by atoms with Crippen LogP contribution in [0.2, 0.25) is 0 Å². The third kappa shape index (κ3) is 2.88. The SMILES string of the molecule is O=c1oc2ccccc2n1CCN1CCC(n2c(=O)[nH]c3ccccc32)CC1. The van der Waals surface area contributed by atoms with Crippen LogP contribution >= 0.6 is 0 Å². The Hall–Kier alpha value is -3.06. The van der Waals surface area contributed by atoms with Crippen molar-refractivity contribution in [3.05, 3.63) is 69.6 Å². The van der Waals surface area contributed by atoms with Crippen LogP contribution in [0.15, 0.2) is 62.5 Å². The largest absolute Gasteiger partial charge is 0.419 e. The van der Waals surface area contributed by atoms with Crippen LogP contribution in [0.4, 0.5) is 0 Å². The highest BCUT2D eigenvalue weighted by Gasteiger charge is 2.23. The van der Waals surface area contributed by atoms with Gasteiger partial charge in [0, 0.05) is 32.2 Å². The molecule has 0 saturated carbocycles. The van der Waals surface area contributed by atoms with Gasteiger partial charge >= 0.3 is 11.4 Å². The van der Waals surface area contributed by atoms with Gasteiger partial charge in [0.1, 0.15) is 0 Å². The molecule has 5 rings (SSSR count). The van der Waals surface area contributed by atoms with Gasteiger partial charge < -0.3 is 14.3 Å². The maximum Gasteiger partial charge on any atom is 0.419 e. The Labute approximate surface area is 160 Å². The Balaban J connectivity index is 1.27. The van der Waals surface area contributed by atoms with Crippen molar-refractivity contribution in [3.63, 3.8) is 0 Å². The number of fused-ring (bicyclic) bond motifs is 2. The first-order valence-corrected chi connectivity index (χ1v) is 9.71. The summed E-state index contributed by atoms with van der Waals surface area (Å²) in [6.07, 6.45) is 1.84. The number of H-pyrrole nitrogens is 1. The first kappa shape index (κ1) is 17.1. The second-order valence-corrected chi connectivity index (χ2v) is 7.38. The number of aromatic amines is 1. The smallest absolute Gasteiger partial charge is 0.408 e. The number of rotatable bonds is 4. The number of para-hydroxylation sites is 4. The van der Waals surface area contributed by atoms with Crippen LogP contribution in [0.25, 0.3) is 22.1 Å². The van der Waals surface area contributed by atoms with Crippen LogP contribution in [0.5, 0.6) is 0 Å². The lowest BCUT2D eigenvalue weighted by Crippen LogP contribution is -2.39. The second kappa shape index (κ2) is 6.83. The van der Waals surface area contributed by atoms with Gasteiger partial charge in [-0.2, -0.15) is 0 Å². The van der Waals surface area contributed by atoms with Crippen molar-refractivity contribution < 1.29 is 4.42 Å². The van der Waals surface area contributed by atoms with E-state index in [1.807, 2.05) is 53.1 Å². The fraction of sp³-hybridized carbons (Fsp3) is 0.333. The average molecular weight is 378 g/mol. The van der Waals surface area contributed by atoms with Gasteiger partial charge in [0.05, 0.1) is 16.6 Å². The summed E-state index contributed by atoms with van der Waals surface area (Å²) in [6.45, 7) is 3.20. The minimum atomic E-state index is -0.304. The predicted molar refractivity (Wildman–Crippen MR) is 108 cm³/mol. The Kier molecular flexibility index (Phi) is 4.16. The van der Waals surface area contributed by atoms with Gasteiger partial charge in [0.25, 0.3) is 0 Å². The number of benzene rings is 2. The summed E-state index contributed by atoms with van der Waals surface area (Å²) in [6, 6.07) is 15.6. The van der Waals surface area contributed by atoms with Crippen molar-refractivity contribution in [2.75, 3.05) is 19.6 Å². The number of aromatic nitrogens is 3. The molecule has 2 aromatic carbocycles. The molecular weight excluding hydrogens is 356 g/mol. The third-order valence-electron chi connectivity index (χ3n) is 5.76. The topological polar surface area (TPSA) is 76.2 Å². The fourth-order valence-electron chi connectivity index (χ4n) is 4.31. The molecule has 0 spiro atoms. The van der Waals surface area contributed by atoms with Crippen molar-refractivity contribution in [2.24, 2.45) is 0 Å². The van der Waals surface area contributed by atoms with E-state index in [1.165, 1.54) is 0 Å². The summed E-state index contributed by atoms with van der Waals surface area (Å²) in [4.78, 5) is 29.8. The normalized spacial score (nSPS) is 16.3. The van der Waals surface area contributed by atoms with E-state index in [2.05, 4.69) is 9.88 Å². The maximum absolute atomic E-state index is 12.4. The summed E-state index contributed by atoms with van der Waals surface area (Å²) < 4.78 is 8.91. The number of likely N-dealkylation sites (tertiary alicyclic amines) is 1. The molecule has 0 aliphatic carbocycles. The van der Waals surface area contributed by atoms with E-state index >= 15 is 0 Å². The van der Waals surface area contributed by atoms with Crippen molar-refractivity contribution in [2.45, 2.75) is 25.4 Å². The molecule has 0 amide bonds. The summed E-state index contributed by atoms with van der Waals surface area (Å²) >= 11 is 0. The summed E-state index contributed by atoms with van der Waals surface area (Å²) in [5, 5.41) is 0. The first-order valence-electron chi connectivity index (χ1n) is 9.71. The van der Waals surface area contributed by atoms with E-state index < -0.39 is 0 Å². The zero-order valence-electron chi connectivity index (χ0n) is 15.5. The summed E-state index contributed by atoms with van der Waals surface area (Å²) in [5.74, 6) is -0.304. The van der Waals surface area contributed by atoms with E-state index in [9.17, 15) is 9.59 Å². The van der Waals surface area contributed by atoms with E-state index in [0.29, 0.717) is 12.1 Å². The molecule has 1 fully saturated rings. The Morgan fingerprint density at radius 3 is 2.46 bits per heavy atom. The van der Waals surface area contributed by atoms with Gasteiger partial charge in [-0.3, -0.25) is 9.13 Å². The van der Waals surface area contributed by atoms with Crippen LogP contribution in [0.3, 0.4) is 0 Å². The highest BCUT2D eigenvalue weighted by molar-refractivity contribution is 5.75. The van der Waals surface area contributed by atoms with Crippen molar-refractivity contribution >= 4 is 22.1 Å². The third-order valence-corrected chi connectivity index (χ3v) is 5.76. The standard InChI is InChI=1S/C21H22N4O3/c26-20-22-16-5-1-2-6-17(16)25(20)15-9-11-23(12-10-15)13-14-24-18-7-3-4-8-19(18)28-21(24)27/h1-8,15H,9-14H2,(H,22,26). The summed E-state index contributed by atoms with van der Waals surface area (Å²) in [5.41, 5.74) is 3.30. The lowest BCUT2D eigenvalue weighted by Gasteiger charge is -2.32. The molecule has 7 heteroatoms. The van der Waals surface area contributed by atoms with Crippen LogP contribution in [0.1, 0.15) is 18.9 Å². The number of hydrogen-bond acceptors (Lipinski definition) is 4. The molecule has 0 bridgehead atoms. The predicted octanol–water partition coefficient (Wildman–Crippen LogP) is 2.57. The molecule has 1 aliphatic heterocycles. The van der Waals surface area contributed by atoms with Crippen molar-refractivity contribution in [1.82, 2.24) is 19.0 Å². The minimum absolute atomic E-state index is 0.0314. The van der Waals surface area contributed by atoms with Gasteiger partial charge in [-0.15, -0.1) is 0 Å².